The summed E-state index contributed by atoms with van der Waals surface area (Å²) in [4.78, 5) is 120. The molecule has 16 N–H and O–H groups in total. The summed E-state index contributed by atoms with van der Waals surface area (Å²) in [6.45, 7) is 6.28. The van der Waals surface area contributed by atoms with Gasteiger partial charge in [0.05, 0.1) is 43.5 Å². The smallest absolute Gasteiger partial charge is 0.261 e. The molecular formula is C60H84N10O21S. The number of β-amino-alcohol motifs (C(OH)–C–C–N with tert-alkyl or cyclic N) is 1. The molecule has 4 aliphatic rings. The van der Waals surface area contributed by atoms with Crippen LogP contribution < -0.4 is 51.0 Å². The topological polar surface area (TPSA) is 455 Å². The van der Waals surface area contributed by atoms with Gasteiger partial charge in [-0.3, -0.25) is 38.4 Å². The number of unbranched alkanes of at least 4 members (excludes halogenated alkanes) is 5. The highest BCUT2D eigenvalue weighted by Gasteiger charge is 2.50. The number of hydrogen-bond donors (Lipinski definition) is 15. The number of rotatable bonds is 23. The van der Waals surface area contributed by atoms with Gasteiger partial charge in [-0.2, -0.15) is 0 Å². The van der Waals surface area contributed by atoms with Crippen LogP contribution in [0.4, 0.5) is 11.4 Å². The number of primary amides is 1. The fraction of sp³-hybridized carbons (Fsp3) is 0.567. The van der Waals surface area contributed by atoms with Crippen LogP contribution in [0.25, 0.3) is 0 Å². The summed E-state index contributed by atoms with van der Waals surface area (Å²) in [5, 5.41) is 114. The number of hydrogen-bond acceptors (Lipinski definition) is 24. The Bertz CT molecular complexity index is 3000. The molecule has 92 heavy (non-hydrogen) atoms. The van der Waals surface area contributed by atoms with Gasteiger partial charge in [0, 0.05) is 81.5 Å². The monoisotopic (exact) mass is 1310 g/mol. The standard InChI is InChI=1S/C60H84N10O21S/c1-4-5-6-7-8-9-24-88-40-17-15-37(16-18-40)68-22-20-67(21-23-68)36-13-10-34(11-14-36)54(80)63-41-26-38(72)29-62-58(84)50-51(77)32(2)30-70(50)60(86)48(44(75)28-46(61)76)65-57(83)49(53(79)52(78)35-12-19-43(74)45(25-35)89-92-91-90-87)66-56(82)42-27-39(73)31-69(42)59(85)47(33(3)71)64-55(41)81/h10-19,25,32-33,38-39,41-42,44,47-53,71-75,77-79,87H,4-9,20-24,26-31H2,1-3H3,(H2,61,76)(H,62,84)(H,63,80)(H,64,81)(H,65,83)(H,66,82). The first kappa shape index (κ1) is 71.8. The molecule has 32 heteroatoms. The molecule has 506 valence electrons. The lowest BCUT2D eigenvalue weighted by Gasteiger charge is -2.37. The molecule has 14 unspecified atom stereocenters. The molecule has 0 aliphatic carbocycles. The van der Waals surface area contributed by atoms with Gasteiger partial charge in [0.25, 0.3) is 18.2 Å². The number of aliphatic hydroxyl groups is 7. The zero-order valence-corrected chi connectivity index (χ0v) is 52.0. The Labute approximate surface area is 534 Å². The summed E-state index contributed by atoms with van der Waals surface area (Å²) >= 11 is -0.0185. The van der Waals surface area contributed by atoms with Crippen LogP contribution >= 0.6 is 12.3 Å². The average Bonchev–Trinajstić information content (AvgIpc) is 1.67. The number of fused-ring (bicyclic) bond motifs is 2. The number of carbonyl (C=O) groups excluding carboxylic acids is 8. The first-order chi connectivity index (χ1) is 43.9. The maximum Gasteiger partial charge on any atom is 0.261 e. The van der Waals surface area contributed by atoms with Gasteiger partial charge in [0.15, 0.2) is 11.5 Å². The number of piperazine rings is 1. The van der Waals surface area contributed by atoms with Crippen molar-refractivity contribution >= 4 is 71.0 Å². The third-order valence-corrected chi connectivity index (χ3v) is 17.0. The van der Waals surface area contributed by atoms with E-state index in [1.807, 2.05) is 24.3 Å². The molecule has 0 spiro atoms. The number of benzene rings is 3. The summed E-state index contributed by atoms with van der Waals surface area (Å²) < 4.78 is 15.2. The van der Waals surface area contributed by atoms with Crippen LogP contribution in [0, 0.1) is 5.92 Å². The molecule has 8 amide bonds. The van der Waals surface area contributed by atoms with E-state index < -0.39 is 183 Å². The van der Waals surface area contributed by atoms with E-state index in [1.54, 1.807) is 12.1 Å². The van der Waals surface area contributed by atoms with Crippen molar-refractivity contribution in [3.05, 3.63) is 77.9 Å². The van der Waals surface area contributed by atoms with Crippen molar-refractivity contribution in [1.82, 2.24) is 36.4 Å². The van der Waals surface area contributed by atoms with Crippen LogP contribution in [0.3, 0.4) is 0 Å². The summed E-state index contributed by atoms with van der Waals surface area (Å²) in [5.41, 5.74) is 6.96. The molecule has 31 nitrogen and oxygen atoms in total. The van der Waals surface area contributed by atoms with Crippen LogP contribution in [0.2, 0.25) is 0 Å². The highest BCUT2D eigenvalue weighted by atomic mass is 32.2. The fourth-order valence-electron chi connectivity index (χ4n) is 11.5. The van der Waals surface area contributed by atoms with Crippen molar-refractivity contribution in [3.8, 4) is 17.2 Å². The molecule has 0 saturated carbocycles. The van der Waals surface area contributed by atoms with Crippen LogP contribution in [0.1, 0.15) is 101 Å². The molecule has 0 bridgehead atoms. The van der Waals surface area contributed by atoms with Crippen molar-refractivity contribution in [3.63, 3.8) is 0 Å². The van der Waals surface area contributed by atoms with Crippen molar-refractivity contribution in [2.45, 2.75) is 158 Å². The molecular weight excluding hydrogens is 1230 g/mol. The van der Waals surface area contributed by atoms with Gasteiger partial charge in [-0.15, -0.1) is 0 Å². The van der Waals surface area contributed by atoms with Crippen LogP contribution in [-0.2, 0) is 42.9 Å². The minimum absolute atomic E-state index is 0.0185. The summed E-state index contributed by atoms with van der Waals surface area (Å²) in [6.07, 6.45) is -8.97. The lowest BCUT2D eigenvalue weighted by molar-refractivity contribution is -0.433. The van der Waals surface area contributed by atoms with Gasteiger partial charge in [-0.1, -0.05) is 61.4 Å². The predicted octanol–water partition coefficient (Wildman–Crippen LogP) is -1.86. The van der Waals surface area contributed by atoms with Gasteiger partial charge >= 0.3 is 0 Å². The fourth-order valence-corrected chi connectivity index (χ4v) is 11.8. The second-order valence-electron chi connectivity index (χ2n) is 23.5. The van der Waals surface area contributed by atoms with E-state index in [9.17, 15) is 79.2 Å². The first-order valence-electron chi connectivity index (χ1n) is 30.5. The predicted molar refractivity (Wildman–Crippen MR) is 327 cm³/mol. The van der Waals surface area contributed by atoms with Gasteiger partial charge in [0.1, 0.15) is 54.2 Å². The second kappa shape index (κ2) is 33.8. The molecule has 3 aromatic carbocycles. The summed E-state index contributed by atoms with van der Waals surface area (Å²) in [6, 6.07) is 5.26. The number of amides is 8. The minimum Gasteiger partial charge on any atom is -0.504 e. The number of nitrogens with two attached hydrogens (primary N) is 1. The van der Waals surface area contributed by atoms with E-state index in [0.717, 1.165) is 64.9 Å². The Morgan fingerprint density at radius 2 is 1.34 bits per heavy atom. The lowest BCUT2D eigenvalue weighted by Crippen LogP contribution is -2.64. The van der Waals surface area contributed by atoms with E-state index in [-0.39, 0.29) is 23.5 Å². The molecule has 4 saturated heterocycles. The first-order valence-corrected chi connectivity index (χ1v) is 31.2. The maximum atomic E-state index is 14.7. The number of ether oxygens (including phenoxy) is 1. The molecule has 7 rings (SSSR count). The third-order valence-electron chi connectivity index (χ3n) is 16.7. The molecule has 4 aliphatic heterocycles. The number of nitrogens with one attached hydrogen (secondary N) is 5. The van der Waals surface area contributed by atoms with E-state index in [0.29, 0.717) is 32.8 Å². The van der Waals surface area contributed by atoms with Crippen LogP contribution in [0.15, 0.2) is 66.7 Å². The Balaban J connectivity index is 1.14. The molecule has 0 radical (unpaired) electrons. The van der Waals surface area contributed by atoms with Gasteiger partial charge in [0.2, 0.25) is 41.4 Å². The highest BCUT2D eigenvalue weighted by molar-refractivity contribution is 7.90. The summed E-state index contributed by atoms with van der Waals surface area (Å²) in [7, 11) is 0. The van der Waals surface area contributed by atoms with Gasteiger partial charge in [-0.05, 0) is 79.6 Å². The molecule has 3 aromatic rings. The molecule has 4 fully saturated rings. The number of phenolic OH excluding ortho intramolecular Hbond substituents is 1. The molecule has 0 aromatic heterocycles. The zero-order valence-electron chi connectivity index (χ0n) is 51.2. The quantitative estimate of drug-likeness (QED) is 0.0214. The van der Waals surface area contributed by atoms with E-state index in [1.165, 1.54) is 44.7 Å². The Hall–Kier alpha value is -7.63. The van der Waals surface area contributed by atoms with E-state index in [4.69, 9.17) is 19.9 Å². The number of carbonyl (C=O) groups is 8. The third kappa shape index (κ3) is 18.8. The highest BCUT2D eigenvalue weighted by Crippen LogP contribution is 2.34. The van der Waals surface area contributed by atoms with Crippen molar-refractivity contribution in [1.29, 1.82) is 0 Å². The van der Waals surface area contributed by atoms with E-state index >= 15 is 0 Å². The molecule has 4 heterocycles. The van der Waals surface area contributed by atoms with Crippen LogP contribution in [-0.4, -0.2) is 228 Å². The van der Waals surface area contributed by atoms with Crippen LogP contribution in [0.5, 0.6) is 17.2 Å². The van der Waals surface area contributed by atoms with Gasteiger partial charge < -0.3 is 102 Å². The Kier molecular flexibility index (Phi) is 26.4. The number of anilines is 2. The largest absolute Gasteiger partial charge is 0.504 e. The molecule has 14 atom stereocenters. The Morgan fingerprint density at radius 1 is 0.728 bits per heavy atom. The van der Waals surface area contributed by atoms with E-state index in [2.05, 4.69) is 52.7 Å². The minimum atomic E-state index is -2.52. The zero-order chi connectivity index (χ0) is 66.9. The number of nitrogens with zero attached hydrogens (tertiary/aromatic N) is 4. The number of phenols is 1. The second-order valence-corrected chi connectivity index (χ2v) is 23.9. The lowest BCUT2D eigenvalue weighted by atomic mass is 9.96. The van der Waals surface area contributed by atoms with Gasteiger partial charge in [-0.25, -0.2) is 5.26 Å². The number of aromatic hydroxyl groups is 1. The maximum absolute atomic E-state index is 14.7. The van der Waals surface area contributed by atoms with Crippen molar-refractivity contribution in [2.75, 3.05) is 62.2 Å². The normalized spacial score (nSPS) is 26.0. The average molecular weight is 1310 g/mol. The number of aliphatic hydroxyl groups excluding tert-OH is 7. The van der Waals surface area contributed by atoms with Crippen molar-refractivity contribution in [2.24, 2.45) is 11.7 Å². The summed E-state index contributed by atoms with van der Waals surface area (Å²) in [5.74, 6) is -10.9. The SMILES string of the molecule is CCCCCCCCOc1ccc(N2CCN(c3ccc(C(=O)NC4CC(O)CNC(=O)C5C(O)C(C)CN5C(=O)C(C(O)CC(N)=O)NC(=O)C(C(O)C(O)c5ccc(O)c(OSOOO)c5)NC(=O)C5CC(O)CN5C(=O)C(C(C)O)NC4=O)cc3)CC2)cc1. The van der Waals surface area contributed by atoms with Crippen molar-refractivity contribution < 1.29 is 103 Å². The Morgan fingerprint density at radius 3 is 1.97 bits per heavy atom.